The lowest BCUT2D eigenvalue weighted by Gasteiger charge is -2.07. The second kappa shape index (κ2) is 4.62. The number of nitrogens with one attached hydrogen (secondary N) is 1. The molecule has 0 aromatic carbocycles. The van der Waals surface area contributed by atoms with E-state index in [0.717, 1.165) is 4.80 Å². The van der Waals surface area contributed by atoms with Crippen molar-refractivity contribution in [2.75, 3.05) is 5.32 Å². The molecule has 0 fully saturated rings. The largest absolute Gasteiger partial charge is 0.478 e. The molecule has 2 rings (SSSR count). The predicted molar refractivity (Wildman–Crippen MR) is 60.4 cm³/mol. The van der Waals surface area contributed by atoms with E-state index in [1.165, 1.54) is 31.6 Å². The molecule has 0 radical (unpaired) electrons. The second-order valence-corrected chi connectivity index (χ2v) is 3.39. The number of carboxylic acid groups (broad SMARTS) is 1. The number of rotatable bonds is 3. The zero-order chi connectivity index (χ0) is 13.1. The van der Waals surface area contributed by atoms with Crippen molar-refractivity contribution < 1.29 is 14.7 Å². The van der Waals surface area contributed by atoms with Crippen LogP contribution in [0.4, 0.5) is 5.82 Å². The Kier molecular flexibility index (Phi) is 3.00. The van der Waals surface area contributed by atoms with Gasteiger partial charge in [-0.1, -0.05) is 0 Å². The lowest BCUT2D eigenvalue weighted by molar-refractivity contribution is -0.114. The number of hydrogen-bond donors (Lipinski definition) is 2. The van der Waals surface area contributed by atoms with Crippen LogP contribution < -0.4 is 5.32 Å². The first-order valence-electron chi connectivity index (χ1n) is 4.95. The number of carbonyl (C=O) groups is 2. The third-order valence-corrected chi connectivity index (χ3v) is 2.05. The highest BCUT2D eigenvalue weighted by Crippen LogP contribution is 2.15. The molecule has 2 heterocycles. The van der Waals surface area contributed by atoms with E-state index in [-0.39, 0.29) is 23.0 Å². The molecule has 8 nitrogen and oxygen atoms in total. The van der Waals surface area contributed by atoms with Gasteiger partial charge in [-0.2, -0.15) is 10.2 Å². The summed E-state index contributed by atoms with van der Waals surface area (Å²) in [6.45, 7) is 1.31. The average molecular weight is 247 g/mol. The molecule has 2 aromatic rings. The third kappa shape index (κ3) is 2.32. The van der Waals surface area contributed by atoms with Crippen molar-refractivity contribution in [1.82, 2.24) is 20.0 Å². The Morgan fingerprint density at radius 3 is 2.56 bits per heavy atom. The van der Waals surface area contributed by atoms with Gasteiger partial charge in [-0.15, -0.1) is 4.80 Å². The fourth-order valence-corrected chi connectivity index (χ4v) is 1.37. The number of amides is 1. The van der Waals surface area contributed by atoms with Gasteiger partial charge in [0.05, 0.1) is 24.2 Å². The molecule has 18 heavy (non-hydrogen) atoms. The van der Waals surface area contributed by atoms with Crippen LogP contribution in [0, 0.1) is 0 Å². The van der Waals surface area contributed by atoms with Crippen LogP contribution in [-0.2, 0) is 4.79 Å². The van der Waals surface area contributed by atoms with Crippen LogP contribution in [-0.4, -0.2) is 37.0 Å². The van der Waals surface area contributed by atoms with Gasteiger partial charge in [-0.05, 0) is 6.07 Å². The van der Waals surface area contributed by atoms with Crippen LogP contribution >= 0.6 is 0 Å². The lowest BCUT2D eigenvalue weighted by atomic mass is 10.2. The van der Waals surface area contributed by atoms with Crippen molar-refractivity contribution in [2.24, 2.45) is 0 Å². The van der Waals surface area contributed by atoms with E-state index in [0.29, 0.717) is 0 Å². The van der Waals surface area contributed by atoms with Gasteiger partial charge >= 0.3 is 5.97 Å². The van der Waals surface area contributed by atoms with E-state index >= 15 is 0 Å². The van der Waals surface area contributed by atoms with Crippen molar-refractivity contribution in [3.05, 3.63) is 30.2 Å². The zero-order valence-corrected chi connectivity index (χ0v) is 9.36. The molecule has 0 unspecified atom stereocenters. The minimum absolute atomic E-state index is 0.0510. The number of carbonyl (C=O) groups excluding carboxylic acids is 1. The van der Waals surface area contributed by atoms with Crippen molar-refractivity contribution >= 4 is 17.7 Å². The summed E-state index contributed by atoms with van der Waals surface area (Å²) in [5.74, 6) is -1.32. The minimum Gasteiger partial charge on any atom is -0.478 e. The van der Waals surface area contributed by atoms with Crippen LogP contribution in [0.2, 0.25) is 0 Å². The van der Waals surface area contributed by atoms with Crippen LogP contribution in [0.5, 0.6) is 0 Å². The molecular formula is C10H9N5O3. The number of anilines is 1. The first-order chi connectivity index (χ1) is 8.58. The summed E-state index contributed by atoms with van der Waals surface area (Å²) in [7, 11) is 0. The van der Waals surface area contributed by atoms with E-state index < -0.39 is 5.97 Å². The highest BCUT2D eigenvalue weighted by Gasteiger charge is 2.15. The van der Waals surface area contributed by atoms with Gasteiger partial charge in [0.25, 0.3) is 0 Å². The SMILES string of the molecule is CC(=O)Nc1cc(C(=O)O)c(-n2nccn2)cn1. The number of hydrogen-bond acceptors (Lipinski definition) is 5. The standard InChI is InChI=1S/C10H9N5O3/c1-6(16)14-9-4-7(10(17)18)8(5-11-9)15-12-2-3-13-15/h2-5H,1H3,(H,17,18)(H,11,14,16). The second-order valence-electron chi connectivity index (χ2n) is 3.39. The summed E-state index contributed by atoms with van der Waals surface area (Å²) < 4.78 is 0. The molecule has 1 amide bonds. The normalized spacial score (nSPS) is 10.1. The third-order valence-electron chi connectivity index (χ3n) is 2.05. The summed E-state index contributed by atoms with van der Waals surface area (Å²) >= 11 is 0. The Labute approximate surface area is 101 Å². The number of nitrogens with zero attached hydrogens (tertiary/aromatic N) is 4. The number of carboxylic acids is 1. The van der Waals surface area contributed by atoms with Crippen LogP contribution in [0.3, 0.4) is 0 Å². The fraction of sp³-hybridized carbons (Fsp3) is 0.100. The summed E-state index contributed by atoms with van der Waals surface area (Å²) in [6.07, 6.45) is 4.13. The van der Waals surface area contributed by atoms with Gasteiger partial charge in [0.1, 0.15) is 11.5 Å². The topological polar surface area (TPSA) is 110 Å². The van der Waals surface area contributed by atoms with E-state index in [1.54, 1.807) is 0 Å². The maximum Gasteiger partial charge on any atom is 0.338 e. The Bertz CT molecular complexity index is 594. The predicted octanol–water partition coefficient (Wildman–Crippen LogP) is 0.319. The first-order valence-corrected chi connectivity index (χ1v) is 4.95. The molecule has 0 atom stereocenters. The Morgan fingerprint density at radius 2 is 2.00 bits per heavy atom. The van der Waals surface area contributed by atoms with Crippen molar-refractivity contribution in [2.45, 2.75) is 6.92 Å². The number of pyridine rings is 1. The van der Waals surface area contributed by atoms with E-state index in [4.69, 9.17) is 5.11 Å². The van der Waals surface area contributed by atoms with Crippen molar-refractivity contribution in [3.63, 3.8) is 0 Å². The molecule has 0 aliphatic heterocycles. The summed E-state index contributed by atoms with van der Waals surface area (Å²) in [5, 5.41) is 19.2. The van der Waals surface area contributed by atoms with Crippen molar-refractivity contribution in [3.8, 4) is 5.69 Å². The van der Waals surface area contributed by atoms with Crippen LogP contribution in [0.15, 0.2) is 24.7 Å². The molecule has 0 bridgehead atoms. The molecule has 0 saturated carbocycles. The summed E-state index contributed by atoms with van der Waals surface area (Å²) in [5.41, 5.74) is 0.173. The van der Waals surface area contributed by atoms with E-state index in [1.807, 2.05) is 0 Å². The zero-order valence-electron chi connectivity index (χ0n) is 9.36. The number of aromatic nitrogens is 4. The molecule has 8 heteroatoms. The van der Waals surface area contributed by atoms with E-state index in [2.05, 4.69) is 20.5 Å². The smallest absolute Gasteiger partial charge is 0.338 e. The molecular weight excluding hydrogens is 238 g/mol. The van der Waals surface area contributed by atoms with Gasteiger partial charge in [-0.25, -0.2) is 9.78 Å². The minimum atomic E-state index is -1.16. The fourth-order valence-electron chi connectivity index (χ4n) is 1.37. The van der Waals surface area contributed by atoms with E-state index in [9.17, 15) is 9.59 Å². The van der Waals surface area contributed by atoms with Gasteiger partial charge in [0.2, 0.25) is 5.91 Å². The number of aromatic carboxylic acids is 1. The lowest BCUT2D eigenvalue weighted by Crippen LogP contribution is -2.12. The maximum atomic E-state index is 11.1. The first kappa shape index (κ1) is 11.7. The maximum absolute atomic E-state index is 11.1. The monoisotopic (exact) mass is 247 g/mol. The Balaban J connectivity index is 2.48. The van der Waals surface area contributed by atoms with Gasteiger partial charge in [0, 0.05) is 6.92 Å². The average Bonchev–Trinajstić information content (AvgIpc) is 2.81. The van der Waals surface area contributed by atoms with Crippen LogP contribution in [0.1, 0.15) is 17.3 Å². The molecule has 0 saturated heterocycles. The van der Waals surface area contributed by atoms with Crippen molar-refractivity contribution in [1.29, 1.82) is 0 Å². The highest BCUT2D eigenvalue weighted by molar-refractivity contribution is 5.94. The summed E-state index contributed by atoms with van der Waals surface area (Å²) in [6, 6.07) is 1.25. The molecule has 0 aliphatic carbocycles. The van der Waals surface area contributed by atoms with Crippen LogP contribution in [0.25, 0.3) is 5.69 Å². The van der Waals surface area contributed by atoms with Gasteiger partial charge < -0.3 is 10.4 Å². The summed E-state index contributed by atoms with van der Waals surface area (Å²) in [4.78, 5) is 27.1. The highest BCUT2D eigenvalue weighted by atomic mass is 16.4. The Hall–Kier alpha value is -2.77. The molecule has 92 valence electrons. The van der Waals surface area contributed by atoms with Gasteiger partial charge in [0.15, 0.2) is 0 Å². The molecule has 2 aromatic heterocycles. The Morgan fingerprint density at radius 1 is 1.33 bits per heavy atom. The molecule has 2 N–H and O–H groups in total. The molecule has 0 aliphatic rings. The quantitative estimate of drug-likeness (QED) is 0.808. The van der Waals surface area contributed by atoms with Gasteiger partial charge in [-0.3, -0.25) is 4.79 Å². The molecule has 0 spiro atoms.